The number of ether oxygens (including phenoxy) is 2. The molecule has 1 heterocycles. The average molecular weight is 362 g/mol. The highest BCUT2D eigenvalue weighted by Crippen LogP contribution is 2.33. The Morgan fingerprint density at radius 3 is 2.50 bits per heavy atom. The van der Waals surface area contributed by atoms with Crippen LogP contribution in [0.3, 0.4) is 0 Å². The van der Waals surface area contributed by atoms with E-state index in [2.05, 4.69) is 5.32 Å². The first-order chi connectivity index (χ1) is 12.3. The lowest BCUT2D eigenvalue weighted by molar-refractivity contribution is -0.308. The summed E-state index contributed by atoms with van der Waals surface area (Å²) in [5.74, 6) is -1.09. The van der Waals surface area contributed by atoms with E-state index in [4.69, 9.17) is 13.9 Å². The van der Waals surface area contributed by atoms with Gasteiger partial charge in [-0.3, -0.25) is 4.79 Å². The Labute approximate surface area is 149 Å². The molecule has 8 heteroatoms. The number of aryl methyl sites for hydroxylation is 1. The third-order valence-corrected chi connectivity index (χ3v) is 4.14. The van der Waals surface area contributed by atoms with Gasteiger partial charge in [0.25, 0.3) is 0 Å². The van der Waals surface area contributed by atoms with Gasteiger partial charge in [-0.15, -0.1) is 0 Å². The topological polar surface area (TPSA) is 118 Å². The molecular formula is C18H20NO7-. The number of benzene rings is 1. The molecule has 1 aromatic carbocycles. The van der Waals surface area contributed by atoms with Crippen molar-refractivity contribution in [1.29, 1.82) is 0 Å². The number of methoxy groups -OCH3 is 2. The van der Waals surface area contributed by atoms with Crippen molar-refractivity contribution in [3.05, 3.63) is 33.7 Å². The van der Waals surface area contributed by atoms with Crippen LogP contribution in [-0.2, 0) is 16.0 Å². The summed E-state index contributed by atoms with van der Waals surface area (Å²) >= 11 is 0. The molecule has 0 saturated heterocycles. The SMILES string of the molecule is CC[C@H](NC(=O)Cc1c(C)c2c(OC)cc(OC)cc2oc1=O)C(=O)[O-]. The fraction of sp³-hybridized carbons (Fsp3) is 0.389. The van der Waals surface area contributed by atoms with Crippen LogP contribution in [-0.4, -0.2) is 32.1 Å². The number of carbonyl (C=O) groups excluding carboxylic acids is 2. The number of hydrogen-bond acceptors (Lipinski definition) is 7. The minimum absolute atomic E-state index is 0.131. The zero-order valence-corrected chi connectivity index (χ0v) is 15.0. The van der Waals surface area contributed by atoms with E-state index < -0.39 is 23.5 Å². The van der Waals surface area contributed by atoms with Crippen LogP contribution >= 0.6 is 0 Å². The van der Waals surface area contributed by atoms with E-state index >= 15 is 0 Å². The highest BCUT2D eigenvalue weighted by atomic mass is 16.5. The first-order valence-corrected chi connectivity index (χ1v) is 8.00. The van der Waals surface area contributed by atoms with Gasteiger partial charge in [0, 0.05) is 12.1 Å². The molecule has 2 aromatic rings. The zero-order chi connectivity index (χ0) is 19.4. The molecule has 0 aliphatic carbocycles. The van der Waals surface area contributed by atoms with Gasteiger partial charge in [0.15, 0.2) is 0 Å². The molecular weight excluding hydrogens is 342 g/mol. The maximum atomic E-state index is 12.3. The number of nitrogens with one attached hydrogen (secondary N) is 1. The van der Waals surface area contributed by atoms with Crippen molar-refractivity contribution in [3.63, 3.8) is 0 Å². The van der Waals surface area contributed by atoms with Gasteiger partial charge >= 0.3 is 5.63 Å². The van der Waals surface area contributed by atoms with E-state index in [1.165, 1.54) is 14.2 Å². The number of carboxylic acid groups (broad SMARTS) is 1. The van der Waals surface area contributed by atoms with Gasteiger partial charge in [0.2, 0.25) is 5.91 Å². The average Bonchev–Trinajstić information content (AvgIpc) is 2.61. The van der Waals surface area contributed by atoms with Crippen molar-refractivity contribution in [3.8, 4) is 11.5 Å². The summed E-state index contributed by atoms with van der Waals surface area (Å²) in [6.07, 6.45) is -0.143. The van der Waals surface area contributed by atoms with Crippen molar-refractivity contribution in [2.45, 2.75) is 32.7 Å². The number of amides is 1. The van der Waals surface area contributed by atoms with Gasteiger partial charge in [-0.2, -0.15) is 0 Å². The molecule has 0 radical (unpaired) electrons. The molecule has 1 N–H and O–H groups in total. The summed E-state index contributed by atoms with van der Waals surface area (Å²) in [6.45, 7) is 3.28. The normalized spacial score (nSPS) is 11.8. The number of carbonyl (C=O) groups is 2. The van der Waals surface area contributed by atoms with Crippen LogP contribution in [0.15, 0.2) is 21.3 Å². The largest absolute Gasteiger partial charge is 0.548 e. The van der Waals surface area contributed by atoms with Gasteiger partial charge in [-0.05, 0) is 18.9 Å². The molecule has 140 valence electrons. The number of hydrogen-bond donors (Lipinski definition) is 1. The van der Waals surface area contributed by atoms with Gasteiger partial charge in [0.1, 0.15) is 17.1 Å². The number of rotatable bonds is 7. The number of carboxylic acids is 1. The third kappa shape index (κ3) is 3.79. The van der Waals surface area contributed by atoms with E-state index in [1.807, 2.05) is 0 Å². The summed E-state index contributed by atoms with van der Waals surface area (Å²) < 4.78 is 15.8. The second-order valence-electron chi connectivity index (χ2n) is 5.72. The van der Waals surface area contributed by atoms with Crippen LogP contribution in [0.1, 0.15) is 24.5 Å². The molecule has 0 aliphatic rings. The summed E-state index contributed by atoms with van der Waals surface area (Å²) in [5.41, 5.74) is 0.245. The molecule has 0 bridgehead atoms. The van der Waals surface area contributed by atoms with Gasteiger partial charge in [-0.1, -0.05) is 6.92 Å². The van der Waals surface area contributed by atoms with E-state index in [1.54, 1.807) is 26.0 Å². The van der Waals surface area contributed by atoms with Crippen LogP contribution in [0.5, 0.6) is 11.5 Å². The summed E-state index contributed by atoms with van der Waals surface area (Å²) in [7, 11) is 2.95. The molecule has 26 heavy (non-hydrogen) atoms. The predicted octanol–water partition coefficient (Wildman–Crippen LogP) is 0.306. The zero-order valence-electron chi connectivity index (χ0n) is 15.0. The maximum Gasteiger partial charge on any atom is 0.340 e. The Hall–Kier alpha value is -3.03. The van der Waals surface area contributed by atoms with E-state index in [0.29, 0.717) is 22.4 Å². The summed E-state index contributed by atoms with van der Waals surface area (Å²) in [4.78, 5) is 35.4. The van der Waals surface area contributed by atoms with Crippen molar-refractivity contribution < 1.29 is 28.6 Å². The molecule has 8 nitrogen and oxygen atoms in total. The van der Waals surface area contributed by atoms with Crippen molar-refractivity contribution in [2.75, 3.05) is 14.2 Å². The van der Waals surface area contributed by atoms with E-state index in [-0.39, 0.29) is 24.0 Å². The second-order valence-corrected chi connectivity index (χ2v) is 5.72. The molecule has 0 fully saturated rings. The van der Waals surface area contributed by atoms with Gasteiger partial charge < -0.3 is 29.1 Å². The standard InChI is InChI=1S/C18H21NO7/c1-5-12(17(21)22)19-15(20)8-11-9(2)16-13(25-4)6-10(24-3)7-14(16)26-18(11)23/h6-7,12H,5,8H2,1-4H3,(H,19,20)(H,21,22)/p-1/t12-/m0/s1. The van der Waals surface area contributed by atoms with Crippen LogP contribution in [0.4, 0.5) is 0 Å². The second kappa shape index (κ2) is 7.90. The smallest absolute Gasteiger partial charge is 0.340 e. The first kappa shape index (κ1) is 19.3. The number of aliphatic carboxylic acids is 1. The fourth-order valence-corrected chi connectivity index (χ4v) is 2.70. The van der Waals surface area contributed by atoms with Crippen LogP contribution in [0, 0.1) is 6.92 Å². The monoisotopic (exact) mass is 362 g/mol. The van der Waals surface area contributed by atoms with Crippen LogP contribution in [0.25, 0.3) is 11.0 Å². The lowest BCUT2D eigenvalue weighted by atomic mass is 10.0. The quantitative estimate of drug-likeness (QED) is 0.704. The Morgan fingerprint density at radius 1 is 1.27 bits per heavy atom. The molecule has 0 aliphatic heterocycles. The minimum Gasteiger partial charge on any atom is -0.548 e. The highest BCUT2D eigenvalue weighted by molar-refractivity contribution is 5.91. The Kier molecular flexibility index (Phi) is 5.86. The third-order valence-electron chi connectivity index (χ3n) is 4.14. The fourth-order valence-electron chi connectivity index (χ4n) is 2.70. The molecule has 1 atom stereocenters. The Morgan fingerprint density at radius 2 is 1.96 bits per heavy atom. The van der Waals surface area contributed by atoms with Gasteiger partial charge in [-0.25, -0.2) is 4.79 Å². The molecule has 1 aromatic heterocycles. The molecule has 2 rings (SSSR count). The predicted molar refractivity (Wildman–Crippen MR) is 91.3 cm³/mol. The molecule has 0 saturated carbocycles. The van der Waals surface area contributed by atoms with Crippen molar-refractivity contribution in [1.82, 2.24) is 5.32 Å². The summed E-state index contributed by atoms with van der Waals surface area (Å²) in [6, 6.07) is 2.08. The number of fused-ring (bicyclic) bond motifs is 1. The lowest BCUT2D eigenvalue weighted by Gasteiger charge is -2.18. The van der Waals surface area contributed by atoms with Gasteiger partial charge in [0.05, 0.1) is 43.6 Å². The van der Waals surface area contributed by atoms with E-state index in [9.17, 15) is 19.5 Å². The summed E-state index contributed by atoms with van der Waals surface area (Å²) in [5, 5.41) is 13.8. The first-order valence-electron chi connectivity index (χ1n) is 8.00. The molecule has 1 amide bonds. The maximum absolute atomic E-state index is 12.3. The Bertz CT molecular complexity index is 901. The molecule has 0 spiro atoms. The lowest BCUT2D eigenvalue weighted by Crippen LogP contribution is -2.48. The minimum atomic E-state index is -1.38. The van der Waals surface area contributed by atoms with Crippen LogP contribution in [0.2, 0.25) is 0 Å². The van der Waals surface area contributed by atoms with Crippen LogP contribution < -0.4 is 25.5 Å². The van der Waals surface area contributed by atoms with Crippen molar-refractivity contribution in [2.24, 2.45) is 0 Å². The highest BCUT2D eigenvalue weighted by Gasteiger charge is 2.20. The van der Waals surface area contributed by atoms with E-state index in [0.717, 1.165) is 0 Å². The Balaban J connectivity index is 2.47. The van der Waals surface area contributed by atoms with Crippen molar-refractivity contribution >= 4 is 22.8 Å². The molecule has 0 unspecified atom stereocenters.